The molecule has 0 aromatic carbocycles. The van der Waals surface area contributed by atoms with Gasteiger partial charge in [-0.1, -0.05) is 0 Å². The molecule has 3 nitrogen and oxygen atoms in total. The highest BCUT2D eigenvalue weighted by atomic mass is 35.5. The Kier molecular flexibility index (Phi) is 4.87. The maximum Gasteiger partial charge on any atom is 0.307 e. The van der Waals surface area contributed by atoms with Crippen molar-refractivity contribution in [3.05, 3.63) is 0 Å². The van der Waals surface area contributed by atoms with Crippen molar-refractivity contribution < 1.29 is 14.8 Å². The highest BCUT2D eigenvalue weighted by Crippen LogP contribution is 2.28. The number of piperidine rings is 1. The molecule has 0 aliphatic carbocycles. The Balaban J connectivity index is 2.45. The first kappa shape index (κ1) is 12.8. The summed E-state index contributed by atoms with van der Waals surface area (Å²) in [5.74, 6) is 0.652. The molecular weight excluding hydrogens is 214 g/mol. The first-order valence-electron chi connectivity index (χ1n) is 5.65. The van der Waals surface area contributed by atoms with E-state index in [-0.39, 0.29) is 11.6 Å². The van der Waals surface area contributed by atoms with Crippen molar-refractivity contribution in [2.75, 3.05) is 19.0 Å². The summed E-state index contributed by atoms with van der Waals surface area (Å²) in [7, 11) is 0. The maximum absolute atomic E-state index is 11.4. The second-order valence-electron chi connectivity index (χ2n) is 4.66. The van der Waals surface area contributed by atoms with Gasteiger partial charge < -0.3 is 10.1 Å². The van der Waals surface area contributed by atoms with Crippen LogP contribution in [-0.2, 0) is 9.53 Å². The normalized spacial score (nSPS) is 18.9. The summed E-state index contributed by atoms with van der Waals surface area (Å²) in [6.45, 7) is 6.30. The Morgan fingerprint density at radius 3 is 2.60 bits per heavy atom. The fourth-order valence-electron chi connectivity index (χ4n) is 2.13. The first-order chi connectivity index (χ1) is 7.06. The number of esters is 1. The van der Waals surface area contributed by atoms with Crippen molar-refractivity contribution in [1.82, 2.24) is 0 Å². The predicted octanol–water partition coefficient (Wildman–Crippen LogP) is 0.911. The lowest BCUT2D eigenvalue weighted by Gasteiger charge is -2.35. The van der Waals surface area contributed by atoms with Gasteiger partial charge in [0.05, 0.1) is 19.5 Å². The lowest BCUT2D eigenvalue weighted by atomic mass is 9.83. The van der Waals surface area contributed by atoms with Gasteiger partial charge in [-0.15, -0.1) is 11.6 Å². The summed E-state index contributed by atoms with van der Waals surface area (Å²) < 4.78 is 5.48. The van der Waals surface area contributed by atoms with Crippen molar-refractivity contribution in [3.8, 4) is 0 Å². The van der Waals surface area contributed by atoms with Crippen molar-refractivity contribution >= 4 is 17.6 Å². The Morgan fingerprint density at radius 1 is 1.47 bits per heavy atom. The summed E-state index contributed by atoms with van der Waals surface area (Å²) in [5, 5.41) is 2.31. The van der Waals surface area contributed by atoms with Gasteiger partial charge in [0, 0.05) is 24.6 Å². The predicted molar refractivity (Wildman–Crippen MR) is 59.9 cm³/mol. The van der Waals surface area contributed by atoms with Crippen molar-refractivity contribution in [2.45, 2.75) is 38.7 Å². The minimum absolute atomic E-state index is 0.176. The lowest BCUT2D eigenvalue weighted by Crippen LogP contribution is -2.86. The van der Waals surface area contributed by atoms with E-state index in [2.05, 4.69) is 5.32 Å². The number of hydrogen-bond donors (Lipinski definition) is 1. The number of carbonyl (C=O) groups excluding carboxylic acids is 1. The van der Waals surface area contributed by atoms with Crippen LogP contribution in [0.3, 0.4) is 0 Å². The van der Waals surface area contributed by atoms with Crippen molar-refractivity contribution in [2.24, 2.45) is 5.92 Å². The topological polar surface area (TPSA) is 42.9 Å². The Bertz CT molecular complexity index is 213. The van der Waals surface area contributed by atoms with Crippen LogP contribution in [0.4, 0.5) is 0 Å². The second kappa shape index (κ2) is 5.71. The number of quaternary nitrogens is 1. The molecule has 0 radical (unpaired) electrons. The molecule has 0 unspecified atom stereocenters. The van der Waals surface area contributed by atoms with Crippen molar-refractivity contribution in [1.29, 1.82) is 0 Å². The number of hydrogen-bond acceptors (Lipinski definition) is 2. The van der Waals surface area contributed by atoms with Crippen LogP contribution in [0.5, 0.6) is 0 Å². The summed E-state index contributed by atoms with van der Waals surface area (Å²) in [6, 6.07) is 0. The number of ether oxygens (including phenoxy) is 1. The number of nitrogens with two attached hydrogens (primary N) is 1. The molecule has 1 rings (SSSR count). The molecule has 1 fully saturated rings. The molecule has 1 aliphatic rings. The van der Waals surface area contributed by atoms with Crippen LogP contribution in [0.1, 0.15) is 33.1 Å². The van der Waals surface area contributed by atoms with Gasteiger partial charge >= 0.3 is 5.97 Å². The van der Waals surface area contributed by atoms with Crippen LogP contribution in [0.2, 0.25) is 0 Å². The zero-order valence-electron chi connectivity index (χ0n) is 9.59. The van der Waals surface area contributed by atoms with Gasteiger partial charge in [-0.25, -0.2) is 0 Å². The Morgan fingerprint density at radius 2 is 2.07 bits per heavy atom. The first-order valence-corrected chi connectivity index (χ1v) is 6.19. The van der Waals surface area contributed by atoms with Crippen LogP contribution < -0.4 is 5.32 Å². The molecule has 0 saturated carbocycles. The lowest BCUT2D eigenvalue weighted by molar-refractivity contribution is -0.665. The molecule has 0 spiro atoms. The van der Waals surface area contributed by atoms with E-state index in [1.165, 1.54) is 0 Å². The molecule has 0 aromatic heterocycles. The molecule has 88 valence electrons. The maximum atomic E-state index is 11.4. The standard InChI is InChI=1S/C11H20ClNO2/c1-11(2,15-10(14)3-6-12)9-4-7-13-8-5-9/h9,13H,3-8H2,1-2H3/p+1. The van der Waals surface area contributed by atoms with Gasteiger partial charge in [0.15, 0.2) is 0 Å². The largest absolute Gasteiger partial charge is 0.459 e. The number of carbonyl (C=O) groups is 1. The van der Waals surface area contributed by atoms with E-state index in [9.17, 15) is 4.79 Å². The highest BCUT2D eigenvalue weighted by Gasteiger charge is 2.34. The van der Waals surface area contributed by atoms with Gasteiger partial charge in [0.1, 0.15) is 5.60 Å². The molecule has 4 heteroatoms. The molecule has 15 heavy (non-hydrogen) atoms. The zero-order valence-corrected chi connectivity index (χ0v) is 10.3. The van der Waals surface area contributed by atoms with Crippen molar-refractivity contribution in [3.63, 3.8) is 0 Å². The summed E-state index contributed by atoms with van der Waals surface area (Å²) >= 11 is 5.51. The van der Waals surface area contributed by atoms with E-state index in [1.807, 2.05) is 13.8 Å². The third-order valence-electron chi connectivity index (χ3n) is 3.10. The van der Waals surface area contributed by atoms with E-state index in [0.717, 1.165) is 25.9 Å². The molecule has 1 heterocycles. The molecule has 2 N–H and O–H groups in total. The number of rotatable bonds is 4. The van der Waals surface area contributed by atoms with Gasteiger partial charge in [0.2, 0.25) is 0 Å². The molecule has 0 atom stereocenters. The molecule has 0 aromatic rings. The van der Waals surface area contributed by atoms with Gasteiger partial charge in [0.25, 0.3) is 0 Å². The van der Waals surface area contributed by atoms with Crippen LogP contribution in [0.25, 0.3) is 0 Å². The van der Waals surface area contributed by atoms with E-state index in [0.29, 0.717) is 18.2 Å². The van der Waals surface area contributed by atoms with E-state index < -0.39 is 0 Å². The van der Waals surface area contributed by atoms with E-state index >= 15 is 0 Å². The summed E-state index contributed by atoms with van der Waals surface area (Å²) in [6.07, 6.45) is 2.56. The molecule has 0 bridgehead atoms. The molecule has 1 aliphatic heterocycles. The Hall–Kier alpha value is -0.280. The van der Waals surface area contributed by atoms with Gasteiger partial charge in [-0.2, -0.15) is 0 Å². The zero-order chi connectivity index (χ0) is 11.3. The Labute approximate surface area is 96.5 Å². The quantitative estimate of drug-likeness (QED) is 0.581. The fraction of sp³-hybridized carbons (Fsp3) is 0.909. The SMILES string of the molecule is CC(C)(OC(=O)CCCl)C1CC[NH2+]CC1. The van der Waals surface area contributed by atoms with Crippen LogP contribution in [0, 0.1) is 5.92 Å². The smallest absolute Gasteiger partial charge is 0.307 e. The van der Waals surface area contributed by atoms with Crippen LogP contribution in [0.15, 0.2) is 0 Å². The monoisotopic (exact) mass is 234 g/mol. The average Bonchev–Trinajstić information content (AvgIpc) is 2.18. The van der Waals surface area contributed by atoms with E-state index in [1.54, 1.807) is 0 Å². The third-order valence-corrected chi connectivity index (χ3v) is 3.29. The average molecular weight is 235 g/mol. The summed E-state index contributed by atoms with van der Waals surface area (Å²) in [5.41, 5.74) is -0.336. The third kappa shape index (κ3) is 3.99. The van der Waals surface area contributed by atoms with E-state index in [4.69, 9.17) is 16.3 Å². The number of alkyl halides is 1. The van der Waals surface area contributed by atoms with Gasteiger partial charge in [-0.3, -0.25) is 4.79 Å². The summed E-state index contributed by atoms with van der Waals surface area (Å²) in [4.78, 5) is 11.4. The highest BCUT2D eigenvalue weighted by molar-refractivity contribution is 6.18. The fourth-order valence-corrected chi connectivity index (χ4v) is 2.28. The van der Waals surface area contributed by atoms with Crippen LogP contribution >= 0.6 is 11.6 Å². The second-order valence-corrected chi connectivity index (χ2v) is 5.03. The molecule has 0 amide bonds. The number of halogens is 1. The van der Waals surface area contributed by atoms with Gasteiger partial charge in [-0.05, 0) is 13.8 Å². The molecule has 1 saturated heterocycles. The minimum Gasteiger partial charge on any atom is -0.459 e. The van der Waals surface area contributed by atoms with Crippen LogP contribution in [-0.4, -0.2) is 30.5 Å². The molecular formula is C11H21ClNO2+. The minimum atomic E-state index is -0.336.